The number of hydrogen-bond donors (Lipinski definition) is 0. The second kappa shape index (κ2) is 6.20. The van der Waals surface area contributed by atoms with E-state index in [1.165, 1.54) is 11.3 Å². The normalized spacial score (nSPS) is 11.1. The number of nitriles is 1. The van der Waals surface area contributed by atoms with Gasteiger partial charge >= 0.3 is 0 Å². The third-order valence-electron chi connectivity index (χ3n) is 4.64. The third-order valence-corrected chi connectivity index (χ3v) is 6.46. The van der Waals surface area contributed by atoms with Crippen molar-refractivity contribution in [1.82, 2.24) is 4.40 Å². The Hall–Kier alpha value is -3.20. The number of rotatable bonds is 3. The van der Waals surface area contributed by atoms with Crippen molar-refractivity contribution in [3.8, 4) is 16.5 Å². The van der Waals surface area contributed by atoms with Crippen LogP contribution in [0.4, 0.5) is 0 Å². The highest BCUT2D eigenvalue weighted by Gasteiger charge is 2.20. The molecule has 0 bridgehead atoms. The fourth-order valence-corrected chi connectivity index (χ4v) is 5.06. The summed E-state index contributed by atoms with van der Waals surface area (Å²) in [5.41, 5.74) is 2.96. The van der Waals surface area contributed by atoms with E-state index in [0.717, 1.165) is 26.7 Å². The van der Waals surface area contributed by atoms with Crippen molar-refractivity contribution in [3.05, 3.63) is 87.7 Å². The summed E-state index contributed by atoms with van der Waals surface area (Å²) in [7, 11) is 0. The number of ketones is 1. The summed E-state index contributed by atoms with van der Waals surface area (Å²) in [4.78, 5) is 14.9. The summed E-state index contributed by atoms with van der Waals surface area (Å²) >= 11 is 3.12. The van der Waals surface area contributed by atoms with Crippen LogP contribution in [0.5, 0.6) is 0 Å². The quantitative estimate of drug-likeness (QED) is 0.359. The van der Waals surface area contributed by atoms with Gasteiger partial charge in [0.05, 0.1) is 21.7 Å². The fourth-order valence-electron chi connectivity index (χ4n) is 3.37. The maximum Gasteiger partial charge on any atom is 0.219 e. The summed E-state index contributed by atoms with van der Waals surface area (Å²) in [5, 5.41) is 15.7. The van der Waals surface area contributed by atoms with Gasteiger partial charge in [-0.2, -0.15) is 16.6 Å². The summed E-state index contributed by atoms with van der Waals surface area (Å²) < 4.78 is 1.84. The van der Waals surface area contributed by atoms with Gasteiger partial charge in [-0.05, 0) is 46.5 Å². The summed E-state index contributed by atoms with van der Waals surface area (Å²) in [6.07, 6.45) is 1.87. The molecule has 0 aliphatic carbocycles. The molecule has 4 aromatic heterocycles. The Kier molecular flexibility index (Phi) is 3.68. The number of nitrogens with zero attached hydrogens (tertiary/aromatic N) is 2. The lowest BCUT2D eigenvalue weighted by atomic mass is 10.1. The zero-order chi connectivity index (χ0) is 18.4. The average molecular weight is 384 g/mol. The van der Waals surface area contributed by atoms with Crippen molar-refractivity contribution in [2.45, 2.75) is 0 Å². The van der Waals surface area contributed by atoms with Gasteiger partial charge in [0.25, 0.3) is 0 Å². The molecule has 5 heteroatoms. The monoisotopic (exact) mass is 384 g/mol. The van der Waals surface area contributed by atoms with Crippen LogP contribution in [0.3, 0.4) is 0 Å². The molecule has 0 spiro atoms. The highest BCUT2D eigenvalue weighted by atomic mass is 32.1. The van der Waals surface area contributed by atoms with E-state index < -0.39 is 0 Å². The van der Waals surface area contributed by atoms with Crippen LogP contribution in [-0.2, 0) is 0 Å². The molecule has 3 nitrogen and oxygen atoms in total. The van der Waals surface area contributed by atoms with Gasteiger partial charge in [0.2, 0.25) is 5.78 Å². The standard InChI is InChI=1S/C22H12N2OS2/c23-12-16-11-18(24-9-7-14-3-1-2-4-17(14)21(16)24)22(25)20-6-5-19(27-20)15-8-10-26-13-15/h1-11,13H. The fraction of sp³-hybridized carbons (Fsp3) is 0. The number of carbonyl (C=O) groups is 1. The van der Waals surface area contributed by atoms with E-state index >= 15 is 0 Å². The molecule has 1 aromatic carbocycles. The van der Waals surface area contributed by atoms with Crippen LogP contribution in [0.2, 0.25) is 0 Å². The molecule has 0 N–H and O–H groups in total. The van der Waals surface area contributed by atoms with Gasteiger partial charge in [0.15, 0.2) is 0 Å². The van der Waals surface area contributed by atoms with Gasteiger partial charge in [-0.1, -0.05) is 24.3 Å². The zero-order valence-corrected chi connectivity index (χ0v) is 15.7. The minimum Gasteiger partial charge on any atom is -0.312 e. The lowest BCUT2D eigenvalue weighted by Crippen LogP contribution is -2.03. The molecule has 0 saturated heterocycles. The molecule has 5 aromatic rings. The number of benzene rings is 1. The number of aromatic nitrogens is 1. The SMILES string of the molecule is N#Cc1cc(C(=O)c2ccc(-c3ccsc3)s2)n2ccc3ccccc3c12. The lowest BCUT2D eigenvalue weighted by Gasteiger charge is -2.04. The highest BCUT2D eigenvalue weighted by molar-refractivity contribution is 7.18. The molecule has 0 fully saturated rings. The summed E-state index contributed by atoms with van der Waals surface area (Å²) in [5.74, 6) is -0.0618. The maximum atomic E-state index is 13.2. The van der Waals surface area contributed by atoms with Gasteiger partial charge < -0.3 is 4.40 Å². The lowest BCUT2D eigenvalue weighted by molar-refractivity contribution is 0.103. The van der Waals surface area contributed by atoms with Crippen LogP contribution >= 0.6 is 22.7 Å². The van der Waals surface area contributed by atoms with Crippen molar-refractivity contribution in [3.63, 3.8) is 0 Å². The molecule has 4 heterocycles. The van der Waals surface area contributed by atoms with Gasteiger partial charge in [0.1, 0.15) is 6.07 Å². The van der Waals surface area contributed by atoms with Crippen molar-refractivity contribution in [2.75, 3.05) is 0 Å². The first-order valence-corrected chi connectivity index (χ1v) is 10.1. The first kappa shape index (κ1) is 16.0. The molecule has 0 amide bonds. The molecule has 0 aliphatic heterocycles. The predicted molar refractivity (Wildman–Crippen MR) is 111 cm³/mol. The Morgan fingerprint density at radius 3 is 2.78 bits per heavy atom. The Morgan fingerprint density at radius 1 is 1.07 bits per heavy atom. The van der Waals surface area contributed by atoms with E-state index in [-0.39, 0.29) is 5.78 Å². The minimum absolute atomic E-state index is 0.0618. The van der Waals surface area contributed by atoms with Crippen LogP contribution in [0.1, 0.15) is 20.9 Å². The Morgan fingerprint density at radius 2 is 1.96 bits per heavy atom. The molecular weight excluding hydrogens is 372 g/mol. The molecule has 128 valence electrons. The van der Waals surface area contributed by atoms with Crippen LogP contribution in [0.15, 0.2) is 71.6 Å². The highest BCUT2D eigenvalue weighted by Crippen LogP contribution is 2.32. The van der Waals surface area contributed by atoms with Gasteiger partial charge in [-0.3, -0.25) is 4.79 Å². The molecule has 0 saturated carbocycles. The summed E-state index contributed by atoms with van der Waals surface area (Å²) in [6.45, 7) is 0. The Balaban J connectivity index is 1.68. The number of thiophene rings is 2. The van der Waals surface area contributed by atoms with Crippen molar-refractivity contribution in [2.24, 2.45) is 0 Å². The first-order chi connectivity index (χ1) is 13.3. The molecule has 0 unspecified atom stereocenters. The topological polar surface area (TPSA) is 45.3 Å². The van der Waals surface area contributed by atoms with Crippen molar-refractivity contribution in [1.29, 1.82) is 5.26 Å². The van der Waals surface area contributed by atoms with Crippen LogP contribution in [0, 0.1) is 11.3 Å². The third kappa shape index (κ3) is 2.50. The van der Waals surface area contributed by atoms with E-state index in [9.17, 15) is 10.1 Å². The Bertz CT molecular complexity index is 1350. The van der Waals surface area contributed by atoms with E-state index in [0.29, 0.717) is 16.1 Å². The predicted octanol–water partition coefficient (Wildman–Crippen LogP) is 5.99. The number of hydrogen-bond acceptors (Lipinski definition) is 4. The largest absolute Gasteiger partial charge is 0.312 e. The van der Waals surface area contributed by atoms with Crippen LogP contribution in [-0.4, -0.2) is 10.2 Å². The second-order valence-electron chi connectivity index (χ2n) is 6.18. The smallest absolute Gasteiger partial charge is 0.219 e. The number of carbonyl (C=O) groups excluding carboxylic acids is 1. The molecule has 5 rings (SSSR count). The maximum absolute atomic E-state index is 13.2. The van der Waals surface area contributed by atoms with Crippen molar-refractivity contribution >= 4 is 44.7 Å². The van der Waals surface area contributed by atoms with Gasteiger partial charge in [-0.25, -0.2) is 0 Å². The molecule has 27 heavy (non-hydrogen) atoms. The van der Waals surface area contributed by atoms with E-state index in [4.69, 9.17) is 0 Å². The first-order valence-electron chi connectivity index (χ1n) is 8.36. The van der Waals surface area contributed by atoms with E-state index in [2.05, 4.69) is 17.5 Å². The molecule has 0 atom stereocenters. The Labute approximate surface area is 163 Å². The molecule has 0 radical (unpaired) electrons. The second-order valence-corrected chi connectivity index (χ2v) is 8.05. The average Bonchev–Trinajstić information content (AvgIpc) is 3.46. The zero-order valence-electron chi connectivity index (χ0n) is 14.0. The number of fused-ring (bicyclic) bond motifs is 3. The van der Waals surface area contributed by atoms with Crippen molar-refractivity contribution < 1.29 is 4.79 Å². The van der Waals surface area contributed by atoms with E-state index in [1.54, 1.807) is 17.4 Å². The van der Waals surface area contributed by atoms with Gasteiger partial charge in [-0.15, -0.1) is 11.3 Å². The van der Waals surface area contributed by atoms with Crippen LogP contribution < -0.4 is 0 Å². The van der Waals surface area contributed by atoms with Crippen LogP contribution in [0.25, 0.3) is 26.7 Å². The summed E-state index contributed by atoms with van der Waals surface area (Å²) in [6, 6.07) is 19.7. The van der Waals surface area contributed by atoms with E-state index in [1.807, 2.05) is 58.4 Å². The van der Waals surface area contributed by atoms with Gasteiger partial charge in [0, 0.05) is 22.0 Å². The number of pyridine rings is 1. The molecule has 0 aliphatic rings. The minimum atomic E-state index is -0.0618. The molecular formula is C22H12N2OS2.